The quantitative estimate of drug-likeness (QED) is 0.676. The fraction of sp³-hybridized carbons (Fsp3) is 0.692. The van der Waals surface area contributed by atoms with E-state index >= 15 is 0 Å². The average molecular weight is 282 g/mol. The standard InChI is InChI=1S/C13H22N4OS/c1-9(12-10(2)16-18-11(12)3)8-15-13(14)17-4-6-19-7-5-17/h9H,4-8H2,1-3H3,(H2,14,15). The normalized spacial score (nSPS) is 18.7. The monoisotopic (exact) mass is 282 g/mol. The molecule has 0 bridgehead atoms. The van der Waals surface area contributed by atoms with Crippen LogP contribution in [-0.4, -0.2) is 47.2 Å². The Morgan fingerprint density at radius 1 is 1.47 bits per heavy atom. The molecule has 2 N–H and O–H groups in total. The number of rotatable bonds is 3. The van der Waals surface area contributed by atoms with Crippen molar-refractivity contribution in [1.29, 1.82) is 0 Å². The van der Waals surface area contributed by atoms with Gasteiger partial charge in [0.2, 0.25) is 0 Å². The van der Waals surface area contributed by atoms with E-state index in [4.69, 9.17) is 10.3 Å². The molecule has 1 aliphatic rings. The van der Waals surface area contributed by atoms with E-state index in [1.807, 2.05) is 25.6 Å². The molecule has 1 aromatic rings. The smallest absolute Gasteiger partial charge is 0.191 e. The zero-order valence-electron chi connectivity index (χ0n) is 11.8. The first-order chi connectivity index (χ1) is 9.09. The van der Waals surface area contributed by atoms with E-state index < -0.39 is 0 Å². The van der Waals surface area contributed by atoms with Crippen molar-refractivity contribution in [2.75, 3.05) is 31.1 Å². The van der Waals surface area contributed by atoms with Crippen molar-refractivity contribution < 1.29 is 4.52 Å². The minimum Gasteiger partial charge on any atom is -0.370 e. The molecule has 106 valence electrons. The Kier molecular flexibility index (Phi) is 4.74. The van der Waals surface area contributed by atoms with Gasteiger partial charge in [0.15, 0.2) is 5.96 Å². The van der Waals surface area contributed by atoms with Crippen molar-refractivity contribution in [3.05, 3.63) is 17.0 Å². The Morgan fingerprint density at radius 3 is 2.74 bits per heavy atom. The number of aryl methyl sites for hydroxylation is 2. The van der Waals surface area contributed by atoms with E-state index in [0.717, 1.165) is 41.6 Å². The second-order valence-electron chi connectivity index (χ2n) is 4.94. The van der Waals surface area contributed by atoms with Gasteiger partial charge >= 0.3 is 0 Å². The first kappa shape index (κ1) is 14.2. The number of hydrogen-bond acceptors (Lipinski definition) is 4. The third-order valence-corrected chi connectivity index (χ3v) is 4.39. The molecule has 0 saturated carbocycles. The molecule has 5 nitrogen and oxygen atoms in total. The highest BCUT2D eigenvalue weighted by Crippen LogP contribution is 2.23. The Hall–Kier alpha value is -1.17. The molecule has 1 aliphatic heterocycles. The Labute approximate surface area is 118 Å². The number of nitrogens with two attached hydrogens (primary N) is 1. The number of guanidine groups is 1. The number of aromatic nitrogens is 1. The summed E-state index contributed by atoms with van der Waals surface area (Å²) in [6.45, 7) is 8.73. The van der Waals surface area contributed by atoms with Gasteiger partial charge in [-0.15, -0.1) is 0 Å². The van der Waals surface area contributed by atoms with Gasteiger partial charge < -0.3 is 15.2 Å². The molecule has 1 unspecified atom stereocenters. The molecule has 19 heavy (non-hydrogen) atoms. The van der Waals surface area contributed by atoms with Gasteiger partial charge in [0.1, 0.15) is 5.76 Å². The van der Waals surface area contributed by atoms with Gasteiger partial charge in [0.25, 0.3) is 0 Å². The van der Waals surface area contributed by atoms with Gasteiger partial charge in [0, 0.05) is 42.6 Å². The largest absolute Gasteiger partial charge is 0.370 e. The molecule has 0 aromatic carbocycles. The molecule has 1 atom stereocenters. The lowest BCUT2D eigenvalue weighted by molar-refractivity contribution is 0.391. The van der Waals surface area contributed by atoms with Crippen LogP contribution in [-0.2, 0) is 0 Å². The molecular formula is C13H22N4OS. The molecule has 0 spiro atoms. The summed E-state index contributed by atoms with van der Waals surface area (Å²) in [6.07, 6.45) is 0. The highest BCUT2D eigenvalue weighted by atomic mass is 32.2. The van der Waals surface area contributed by atoms with E-state index in [1.165, 1.54) is 0 Å². The van der Waals surface area contributed by atoms with Gasteiger partial charge in [0.05, 0.1) is 5.69 Å². The summed E-state index contributed by atoms with van der Waals surface area (Å²) >= 11 is 1.97. The fourth-order valence-corrected chi connectivity index (χ4v) is 3.31. The molecular weight excluding hydrogens is 260 g/mol. The zero-order chi connectivity index (χ0) is 13.8. The fourth-order valence-electron chi connectivity index (χ4n) is 2.41. The summed E-state index contributed by atoms with van der Waals surface area (Å²) in [6, 6.07) is 0. The van der Waals surface area contributed by atoms with E-state index in [-0.39, 0.29) is 5.92 Å². The van der Waals surface area contributed by atoms with Crippen LogP contribution in [0.25, 0.3) is 0 Å². The second-order valence-corrected chi connectivity index (χ2v) is 6.16. The van der Waals surface area contributed by atoms with Crippen LogP contribution < -0.4 is 5.73 Å². The van der Waals surface area contributed by atoms with Gasteiger partial charge in [-0.1, -0.05) is 12.1 Å². The zero-order valence-corrected chi connectivity index (χ0v) is 12.7. The van der Waals surface area contributed by atoms with Gasteiger partial charge in [-0.2, -0.15) is 11.8 Å². The Bertz CT molecular complexity index is 432. The van der Waals surface area contributed by atoms with Crippen LogP contribution in [0.15, 0.2) is 9.52 Å². The molecule has 6 heteroatoms. The molecule has 2 rings (SSSR count). The predicted molar refractivity (Wildman–Crippen MR) is 79.8 cm³/mol. The molecule has 1 saturated heterocycles. The maximum absolute atomic E-state index is 6.05. The lowest BCUT2D eigenvalue weighted by atomic mass is 10.00. The summed E-state index contributed by atoms with van der Waals surface area (Å²) in [5, 5.41) is 3.99. The van der Waals surface area contributed by atoms with Crippen LogP contribution in [0.1, 0.15) is 29.9 Å². The second kappa shape index (κ2) is 6.32. The van der Waals surface area contributed by atoms with Crippen LogP contribution >= 0.6 is 11.8 Å². The summed E-state index contributed by atoms with van der Waals surface area (Å²) in [5.41, 5.74) is 8.16. The molecule has 0 amide bonds. The first-order valence-electron chi connectivity index (χ1n) is 6.65. The van der Waals surface area contributed by atoms with Crippen molar-refractivity contribution in [3.63, 3.8) is 0 Å². The van der Waals surface area contributed by atoms with Crippen LogP contribution in [0.5, 0.6) is 0 Å². The number of thioether (sulfide) groups is 1. The number of hydrogen-bond donors (Lipinski definition) is 1. The van der Waals surface area contributed by atoms with Crippen molar-refractivity contribution in [3.8, 4) is 0 Å². The van der Waals surface area contributed by atoms with Crippen molar-refractivity contribution in [2.24, 2.45) is 10.7 Å². The van der Waals surface area contributed by atoms with Gasteiger partial charge in [-0.25, -0.2) is 0 Å². The third-order valence-electron chi connectivity index (χ3n) is 3.44. The summed E-state index contributed by atoms with van der Waals surface area (Å²) in [5.74, 6) is 4.10. The minimum atomic E-state index is 0.281. The summed E-state index contributed by atoms with van der Waals surface area (Å²) in [7, 11) is 0. The number of aliphatic imine (C=N–C) groups is 1. The lowest BCUT2D eigenvalue weighted by Gasteiger charge is -2.27. The highest BCUT2D eigenvalue weighted by Gasteiger charge is 2.17. The van der Waals surface area contributed by atoms with Crippen molar-refractivity contribution in [2.45, 2.75) is 26.7 Å². The van der Waals surface area contributed by atoms with Crippen LogP contribution in [0.4, 0.5) is 0 Å². The average Bonchev–Trinajstić information content (AvgIpc) is 2.76. The SMILES string of the molecule is Cc1noc(C)c1C(C)CN=C(N)N1CCSCC1. The van der Waals surface area contributed by atoms with Gasteiger partial charge in [-0.05, 0) is 13.8 Å². The van der Waals surface area contributed by atoms with Crippen LogP contribution in [0.3, 0.4) is 0 Å². The lowest BCUT2D eigenvalue weighted by Crippen LogP contribution is -2.42. The van der Waals surface area contributed by atoms with Crippen LogP contribution in [0, 0.1) is 13.8 Å². The minimum absolute atomic E-state index is 0.281. The summed E-state index contributed by atoms with van der Waals surface area (Å²) in [4.78, 5) is 6.69. The molecule has 1 fully saturated rings. The van der Waals surface area contributed by atoms with Crippen molar-refractivity contribution >= 4 is 17.7 Å². The third kappa shape index (κ3) is 3.43. The Morgan fingerprint density at radius 2 is 2.16 bits per heavy atom. The topological polar surface area (TPSA) is 67.6 Å². The van der Waals surface area contributed by atoms with Crippen LogP contribution in [0.2, 0.25) is 0 Å². The molecule has 0 aliphatic carbocycles. The molecule has 0 radical (unpaired) electrons. The number of nitrogens with zero attached hydrogens (tertiary/aromatic N) is 3. The maximum Gasteiger partial charge on any atom is 0.191 e. The van der Waals surface area contributed by atoms with E-state index in [0.29, 0.717) is 12.5 Å². The van der Waals surface area contributed by atoms with E-state index in [1.54, 1.807) is 0 Å². The summed E-state index contributed by atoms with van der Waals surface area (Å²) < 4.78 is 5.20. The highest BCUT2D eigenvalue weighted by molar-refractivity contribution is 7.99. The maximum atomic E-state index is 6.05. The van der Waals surface area contributed by atoms with Crippen molar-refractivity contribution in [1.82, 2.24) is 10.1 Å². The predicted octanol–water partition coefficient (Wildman–Crippen LogP) is 1.76. The first-order valence-corrected chi connectivity index (χ1v) is 7.80. The molecule has 2 heterocycles. The Balaban J connectivity index is 1.97. The van der Waals surface area contributed by atoms with Gasteiger partial charge in [-0.3, -0.25) is 4.99 Å². The van der Waals surface area contributed by atoms with E-state index in [9.17, 15) is 0 Å². The molecule has 1 aromatic heterocycles. The van der Waals surface area contributed by atoms with E-state index in [2.05, 4.69) is 22.0 Å².